The first-order valence-corrected chi connectivity index (χ1v) is 13.2. The van der Waals surface area contributed by atoms with Gasteiger partial charge in [0.2, 0.25) is 11.9 Å². The first-order chi connectivity index (χ1) is 20.1. The van der Waals surface area contributed by atoms with Gasteiger partial charge in [-0.05, 0) is 30.3 Å². The first-order valence-electron chi connectivity index (χ1n) is 12.5. The maximum atomic E-state index is 13.6. The van der Waals surface area contributed by atoms with E-state index in [0.717, 1.165) is 11.3 Å². The van der Waals surface area contributed by atoms with Crippen LogP contribution in [0.4, 0.5) is 17.3 Å². The van der Waals surface area contributed by atoms with Crippen LogP contribution in [0.25, 0.3) is 33.4 Å². The van der Waals surface area contributed by atoms with Crippen LogP contribution in [0.3, 0.4) is 0 Å². The summed E-state index contributed by atoms with van der Waals surface area (Å²) in [4.78, 5) is 34.8. The van der Waals surface area contributed by atoms with Crippen molar-refractivity contribution in [3.8, 4) is 33.9 Å². The standard InChI is InChI=1S/C29H25Cl2N7O4/c1-6-23(39)33-20-12-15(18-9-10-37(2)36-18)7-8-19(20)34-29-32-14-16-11-17(28(40)38(3)27(16)35-29)24-25(30)21(41-4)13-22(42-5)26(24)31/h6-14H,1H2,2-5H3,(H,33,39)(H,32,34,35). The van der Waals surface area contributed by atoms with E-state index in [-0.39, 0.29) is 27.1 Å². The second-order valence-corrected chi connectivity index (χ2v) is 9.89. The van der Waals surface area contributed by atoms with E-state index in [0.29, 0.717) is 33.9 Å². The van der Waals surface area contributed by atoms with E-state index < -0.39 is 11.5 Å². The Balaban J connectivity index is 1.57. The summed E-state index contributed by atoms with van der Waals surface area (Å²) in [5.41, 5.74) is 2.96. The van der Waals surface area contributed by atoms with Crippen LogP contribution in [-0.4, -0.2) is 44.4 Å². The number of hydrogen-bond donors (Lipinski definition) is 2. The molecule has 3 aromatic heterocycles. The zero-order valence-electron chi connectivity index (χ0n) is 23.0. The van der Waals surface area contributed by atoms with Gasteiger partial charge in [0.1, 0.15) is 17.1 Å². The molecular weight excluding hydrogens is 581 g/mol. The van der Waals surface area contributed by atoms with E-state index >= 15 is 0 Å². The largest absolute Gasteiger partial charge is 0.495 e. The van der Waals surface area contributed by atoms with Crippen LogP contribution in [0.1, 0.15) is 0 Å². The summed E-state index contributed by atoms with van der Waals surface area (Å²) in [5.74, 6) is 0.416. The van der Waals surface area contributed by atoms with Gasteiger partial charge in [-0.3, -0.25) is 18.8 Å². The molecule has 0 spiro atoms. The zero-order valence-corrected chi connectivity index (χ0v) is 24.5. The second-order valence-electron chi connectivity index (χ2n) is 9.13. The van der Waals surface area contributed by atoms with E-state index in [1.165, 1.54) is 24.9 Å². The first kappa shape index (κ1) is 28.7. The number of aryl methyl sites for hydroxylation is 2. The van der Waals surface area contributed by atoms with Crippen LogP contribution in [0.15, 0.2) is 66.2 Å². The second kappa shape index (κ2) is 11.6. The SMILES string of the molecule is C=CC(=O)Nc1cc(-c2ccn(C)n2)ccc1Nc1ncc2cc(-c3c(Cl)c(OC)cc(OC)c3Cl)c(=O)n(C)c2n1. The maximum absolute atomic E-state index is 13.6. The molecule has 0 unspecified atom stereocenters. The van der Waals surface area contributed by atoms with Crippen molar-refractivity contribution in [2.75, 3.05) is 24.9 Å². The van der Waals surface area contributed by atoms with Crippen molar-refractivity contribution in [1.29, 1.82) is 0 Å². The highest BCUT2D eigenvalue weighted by atomic mass is 35.5. The van der Waals surface area contributed by atoms with Crippen LogP contribution < -0.4 is 25.7 Å². The number of methoxy groups -OCH3 is 2. The smallest absolute Gasteiger partial charge is 0.259 e. The molecule has 13 heteroatoms. The molecule has 5 aromatic rings. The Kier molecular flexibility index (Phi) is 7.88. The minimum atomic E-state index is -0.398. The number of ether oxygens (including phenoxy) is 2. The predicted molar refractivity (Wildman–Crippen MR) is 164 cm³/mol. The molecule has 5 rings (SSSR count). The molecule has 0 aliphatic rings. The van der Waals surface area contributed by atoms with Crippen LogP contribution in [0.5, 0.6) is 11.5 Å². The third-order valence-electron chi connectivity index (χ3n) is 6.51. The number of fused-ring (bicyclic) bond motifs is 1. The number of benzene rings is 2. The lowest BCUT2D eigenvalue weighted by atomic mass is 10.0. The number of hydrogen-bond acceptors (Lipinski definition) is 8. The lowest BCUT2D eigenvalue weighted by Gasteiger charge is -2.16. The number of halogens is 2. The van der Waals surface area contributed by atoms with Crippen molar-refractivity contribution in [3.05, 3.63) is 81.8 Å². The summed E-state index contributed by atoms with van der Waals surface area (Å²) in [7, 11) is 6.32. The Morgan fingerprint density at radius 3 is 2.36 bits per heavy atom. The minimum absolute atomic E-state index is 0.169. The molecule has 0 fully saturated rings. The topological polar surface area (TPSA) is 125 Å². The molecular formula is C29H25Cl2N7O4. The summed E-state index contributed by atoms with van der Waals surface area (Å²) in [5, 5.41) is 11.2. The highest BCUT2D eigenvalue weighted by Crippen LogP contribution is 2.45. The molecule has 42 heavy (non-hydrogen) atoms. The van der Waals surface area contributed by atoms with Crippen molar-refractivity contribution in [3.63, 3.8) is 0 Å². The van der Waals surface area contributed by atoms with Gasteiger partial charge in [0.05, 0.1) is 46.9 Å². The minimum Gasteiger partial charge on any atom is -0.495 e. The van der Waals surface area contributed by atoms with Gasteiger partial charge in [-0.2, -0.15) is 10.1 Å². The molecule has 0 aliphatic heterocycles. The molecule has 2 N–H and O–H groups in total. The number of pyridine rings is 1. The zero-order chi connectivity index (χ0) is 30.1. The molecule has 2 aromatic carbocycles. The number of carbonyl (C=O) groups is 1. The Morgan fingerprint density at radius 2 is 1.74 bits per heavy atom. The third-order valence-corrected chi connectivity index (χ3v) is 7.26. The maximum Gasteiger partial charge on any atom is 0.259 e. The quantitative estimate of drug-likeness (QED) is 0.219. The van der Waals surface area contributed by atoms with E-state index in [9.17, 15) is 9.59 Å². The Labute approximate surface area is 250 Å². The van der Waals surface area contributed by atoms with Gasteiger partial charge in [0.15, 0.2) is 0 Å². The molecule has 0 aliphatic carbocycles. The number of nitrogens with zero attached hydrogens (tertiary/aromatic N) is 5. The number of carbonyl (C=O) groups excluding carboxylic acids is 1. The van der Waals surface area contributed by atoms with Gasteiger partial charge in [0.25, 0.3) is 5.56 Å². The van der Waals surface area contributed by atoms with Crippen molar-refractivity contribution >= 4 is 57.5 Å². The van der Waals surface area contributed by atoms with Crippen molar-refractivity contribution < 1.29 is 14.3 Å². The van der Waals surface area contributed by atoms with Crippen LogP contribution in [0, 0.1) is 0 Å². The van der Waals surface area contributed by atoms with Crippen molar-refractivity contribution in [1.82, 2.24) is 24.3 Å². The van der Waals surface area contributed by atoms with E-state index in [1.54, 1.807) is 42.2 Å². The molecule has 0 radical (unpaired) electrons. The van der Waals surface area contributed by atoms with Crippen LogP contribution in [-0.2, 0) is 18.9 Å². The monoisotopic (exact) mass is 605 g/mol. The molecule has 0 bridgehead atoms. The summed E-state index contributed by atoms with van der Waals surface area (Å²) >= 11 is 13.2. The number of nitrogens with one attached hydrogen (secondary N) is 2. The summed E-state index contributed by atoms with van der Waals surface area (Å²) < 4.78 is 13.8. The van der Waals surface area contributed by atoms with Gasteiger partial charge in [-0.15, -0.1) is 0 Å². The van der Waals surface area contributed by atoms with Crippen molar-refractivity contribution in [2.24, 2.45) is 14.1 Å². The van der Waals surface area contributed by atoms with Crippen LogP contribution >= 0.6 is 23.2 Å². The van der Waals surface area contributed by atoms with Crippen LogP contribution in [0.2, 0.25) is 10.0 Å². The lowest BCUT2D eigenvalue weighted by Crippen LogP contribution is -2.20. The normalized spacial score (nSPS) is 10.9. The lowest BCUT2D eigenvalue weighted by molar-refractivity contribution is -0.111. The Bertz CT molecular complexity index is 1910. The van der Waals surface area contributed by atoms with Gasteiger partial charge in [0, 0.05) is 49.1 Å². The highest BCUT2D eigenvalue weighted by molar-refractivity contribution is 6.41. The average Bonchev–Trinajstić information content (AvgIpc) is 3.43. The van der Waals surface area contributed by atoms with E-state index in [2.05, 4.69) is 32.3 Å². The Morgan fingerprint density at radius 1 is 1.02 bits per heavy atom. The van der Waals surface area contributed by atoms with E-state index in [4.69, 9.17) is 32.7 Å². The van der Waals surface area contributed by atoms with Gasteiger partial charge in [-0.25, -0.2) is 4.98 Å². The van der Waals surface area contributed by atoms with Gasteiger partial charge < -0.3 is 20.1 Å². The number of amides is 1. The fraction of sp³-hybridized carbons (Fsp3) is 0.138. The molecule has 0 atom stereocenters. The Hall–Kier alpha value is -4.87. The highest BCUT2D eigenvalue weighted by Gasteiger charge is 2.22. The fourth-order valence-electron chi connectivity index (χ4n) is 4.40. The van der Waals surface area contributed by atoms with E-state index in [1.807, 2.05) is 25.4 Å². The number of aromatic nitrogens is 5. The van der Waals surface area contributed by atoms with Crippen molar-refractivity contribution in [2.45, 2.75) is 0 Å². The molecule has 0 saturated carbocycles. The predicted octanol–water partition coefficient (Wildman–Crippen LogP) is 5.59. The van der Waals surface area contributed by atoms with Gasteiger partial charge in [-0.1, -0.05) is 35.8 Å². The third kappa shape index (κ3) is 5.27. The summed E-state index contributed by atoms with van der Waals surface area (Å²) in [6, 6.07) is 10.4. The molecule has 0 saturated heterocycles. The summed E-state index contributed by atoms with van der Waals surface area (Å²) in [6.45, 7) is 3.53. The molecule has 3 heterocycles. The fourth-order valence-corrected chi connectivity index (χ4v) is 5.10. The number of anilines is 3. The number of rotatable bonds is 8. The van der Waals surface area contributed by atoms with Gasteiger partial charge >= 0.3 is 0 Å². The summed E-state index contributed by atoms with van der Waals surface area (Å²) in [6.07, 6.45) is 4.57. The molecule has 11 nitrogen and oxygen atoms in total. The molecule has 1 amide bonds. The average molecular weight is 606 g/mol. The molecule has 214 valence electrons.